The number of hydrogen-bond acceptors (Lipinski definition) is 10. The van der Waals surface area contributed by atoms with Crippen molar-refractivity contribution in [3.05, 3.63) is 261 Å². The quantitative estimate of drug-likeness (QED) is 0.108. The van der Waals surface area contributed by atoms with Crippen LogP contribution in [0.2, 0.25) is 6.82 Å². The van der Waals surface area contributed by atoms with E-state index in [4.69, 9.17) is 14.0 Å². The van der Waals surface area contributed by atoms with Gasteiger partial charge in [0, 0.05) is 31.4 Å². The summed E-state index contributed by atoms with van der Waals surface area (Å²) in [6.45, 7) is 11.6. The van der Waals surface area contributed by atoms with E-state index in [2.05, 4.69) is 166 Å². The van der Waals surface area contributed by atoms with Gasteiger partial charge in [-0.25, -0.2) is 0 Å². The number of benzene rings is 8. The number of carbonyl (C=O) groups excluding carboxylic acids is 1. The maximum atomic E-state index is 11.2. The molecule has 3 saturated heterocycles. The molecule has 15 heteroatoms. The van der Waals surface area contributed by atoms with Crippen molar-refractivity contribution in [1.29, 1.82) is 0 Å². The Morgan fingerprint density at radius 2 is 0.785 bits per heavy atom. The number of halogens is 3. The van der Waals surface area contributed by atoms with Crippen LogP contribution >= 0.6 is 47.8 Å². The van der Waals surface area contributed by atoms with Gasteiger partial charge in [-0.2, -0.15) is 0 Å². The molecule has 0 bridgehead atoms. The van der Waals surface area contributed by atoms with Crippen LogP contribution in [-0.4, -0.2) is 74.1 Å². The third-order valence-corrected chi connectivity index (χ3v) is 23.2. The summed E-state index contributed by atoms with van der Waals surface area (Å²) in [5, 5.41) is 49.0. The molecule has 10 nitrogen and oxygen atoms in total. The smallest absolute Gasteiger partial charge is 0.406 e. The lowest BCUT2D eigenvalue weighted by molar-refractivity contribution is 0.00578. The first kappa shape index (κ1) is 67.6. The molecule has 3 fully saturated rings. The fraction of sp³-hybridized carbons (Fsp3) is 0.372. The van der Waals surface area contributed by atoms with E-state index in [1.54, 1.807) is 0 Å². The molecular formula is C78H84B2Br3NO9. The van der Waals surface area contributed by atoms with Gasteiger partial charge in [0.05, 0.1) is 41.7 Å². The van der Waals surface area contributed by atoms with Crippen molar-refractivity contribution >= 4 is 73.2 Å². The molecule has 6 atom stereocenters. The third-order valence-electron chi connectivity index (χ3n) is 20.9. The predicted molar refractivity (Wildman–Crippen MR) is 382 cm³/mol. The van der Waals surface area contributed by atoms with Gasteiger partial charge in [0.1, 0.15) is 5.60 Å². The molecule has 0 radical (unpaired) electrons. The molecule has 0 spiro atoms. The molecule has 17 rings (SSSR count). The van der Waals surface area contributed by atoms with Gasteiger partial charge in [-0.15, -0.1) is 0 Å². The molecule has 3 aliphatic heterocycles. The van der Waals surface area contributed by atoms with Gasteiger partial charge in [-0.05, 0) is 232 Å². The first-order chi connectivity index (χ1) is 44.8. The van der Waals surface area contributed by atoms with Crippen LogP contribution in [0.25, 0.3) is 11.1 Å². The monoisotopic (exact) mass is 1440 g/mol. The van der Waals surface area contributed by atoms with Gasteiger partial charge >= 0.3 is 14.2 Å². The summed E-state index contributed by atoms with van der Waals surface area (Å²) in [6, 6.07) is 58.2. The van der Waals surface area contributed by atoms with Crippen molar-refractivity contribution in [1.82, 2.24) is 4.81 Å². The summed E-state index contributed by atoms with van der Waals surface area (Å²) >= 11 is 10.3. The molecule has 5 N–H and O–H groups in total. The predicted octanol–water partition coefficient (Wildman–Crippen LogP) is 16.3. The first-order valence-electron chi connectivity index (χ1n) is 33.3. The Balaban J connectivity index is 0.000000110. The van der Waals surface area contributed by atoms with E-state index in [1.165, 1.54) is 68.5 Å². The first-order valence-corrected chi connectivity index (χ1v) is 35.7. The summed E-state index contributed by atoms with van der Waals surface area (Å²) in [4.78, 5) is 13.7. The zero-order chi connectivity index (χ0) is 65.3. The Labute approximate surface area is 574 Å². The number of hydrogen-bond donors (Lipinski definition) is 5. The van der Waals surface area contributed by atoms with E-state index in [0.29, 0.717) is 12.5 Å². The van der Waals surface area contributed by atoms with Crippen LogP contribution in [0.5, 0.6) is 0 Å². The largest absolute Gasteiger partial charge is 0.495 e. The minimum atomic E-state index is -0.336. The summed E-state index contributed by atoms with van der Waals surface area (Å²) in [5.74, 6) is 0.279. The van der Waals surface area contributed by atoms with E-state index < -0.39 is 0 Å². The molecule has 9 aliphatic rings. The molecule has 0 amide bonds. The Morgan fingerprint density at radius 1 is 0.409 bits per heavy atom. The summed E-state index contributed by atoms with van der Waals surface area (Å²) in [5.41, 5.74) is 18.9. The molecule has 482 valence electrons. The van der Waals surface area contributed by atoms with Crippen molar-refractivity contribution < 1.29 is 44.3 Å². The van der Waals surface area contributed by atoms with Gasteiger partial charge in [-0.3, -0.25) is 4.79 Å². The number of carbonyl (C=O) groups is 1. The SMILES string of the molecule is CB1OC(c2ccccc2)(c2ccccc2)[C@H]2CCCN12.CC1(C)OB(c2cccc3c2CC[C@@H]3O)OC1(C)C.O=C1CCc2c(Br)cccc21.O[C@H]1CCc2c(-c3cccc4c3CC[C@@H]4O)cccc21.O[C@H]1CCc2c(Br)cccc21.O[C@H]1CCc2c(Br)cccc21. The van der Waals surface area contributed by atoms with Crippen LogP contribution < -0.4 is 5.46 Å². The second-order valence-electron chi connectivity index (χ2n) is 26.9. The van der Waals surface area contributed by atoms with E-state index in [1.807, 2.05) is 91.0 Å². The van der Waals surface area contributed by atoms with E-state index in [9.17, 15) is 30.3 Å². The van der Waals surface area contributed by atoms with Crippen LogP contribution in [0, 0.1) is 0 Å². The van der Waals surface area contributed by atoms with E-state index >= 15 is 0 Å². The zero-order valence-electron chi connectivity index (χ0n) is 53.8. The summed E-state index contributed by atoms with van der Waals surface area (Å²) in [6.07, 6.45) is 11.6. The fourth-order valence-corrected chi connectivity index (χ4v) is 17.1. The number of aliphatic hydroxyl groups excluding tert-OH is 5. The van der Waals surface area contributed by atoms with Crippen molar-refractivity contribution in [3.63, 3.8) is 0 Å². The number of ketones is 1. The molecule has 8 aromatic rings. The van der Waals surface area contributed by atoms with Gasteiger partial charge in [-0.1, -0.05) is 199 Å². The van der Waals surface area contributed by atoms with Gasteiger partial charge < -0.3 is 44.3 Å². The standard InChI is InChI=1S/C18H20BNO.C18H18O2.C15H21BO3.2C9H9BrO.C9H7BrO/c1-19-20-14-8-13-17(20)18(21-19,15-9-4-2-5-10-15)16-11-6-3-7-12-16;19-17-9-7-13-11(3-1-5-15(13)17)12-4-2-6-16-14(12)8-10-18(16)20;1-14(2)15(3,4)19-16(18-14)12-7-5-6-11-10(12)8-9-13(11)17;3*10-8-3-1-2-7-6(8)4-5-9(7)11/h2-7,9-12,17H,8,13-14H2,1H3;1-6,17-20H,7-10H2;5-7,13,17H,8-9H2,1-4H3;2*1-3,9,11H,4-5H2;1-3H,4-5H2/t17-;17-,18-;13-;2*9-;/m10000./s1. The van der Waals surface area contributed by atoms with Crippen LogP contribution in [0.1, 0.15) is 192 Å². The van der Waals surface area contributed by atoms with Gasteiger partial charge in [0.2, 0.25) is 0 Å². The summed E-state index contributed by atoms with van der Waals surface area (Å²) in [7, 11) is -0.150. The number of rotatable bonds is 4. The highest BCUT2D eigenvalue weighted by atomic mass is 79.9. The van der Waals surface area contributed by atoms with Crippen molar-refractivity contribution in [2.75, 3.05) is 6.54 Å². The normalized spacial score (nSPS) is 23.2. The Hall–Kier alpha value is -5.36. The highest BCUT2D eigenvalue weighted by Gasteiger charge is 2.57. The molecule has 0 unspecified atom stereocenters. The molecule has 93 heavy (non-hydrogen) atoms. The lowest BCUT2D eigenvalue weighted by Gasteiger charge is -2.36. The second-order valence-corrected chi connectivity index (χ2v) is 29.5. The molecule has 0 saturated carbocycles. The lowest BCUT2D eigenvalue weighted by Crippen LogP contribution is -2.41. The molecule has 8 aromatic carbocycles. The maximum absolute atomic E-state index is 11.2. The second kappa shape index (κ2) is 28.8. The van der Waals surface area contributed by atoms with Crippen molar-refractivity contribution in [2.24, 2.45) is 0 Å². The van der Waals surface area contributed by atoms with Crippen molar-refractivity contribution in [2.45, 2.75) is 178 Å². The summed E-state index contributed by atoms with van der Waals surface area (Å²) < 4.78 is 22.2. The van der Waals surface area contributed by atoms with Gasteiger partial charge in [0.15, 0.2) is 5.78 Å². The minimum Gasteiger partial charge on any atom is -0.406 e. The maximum Gasteiger partial charge on any atom is 0.495 e. The Kier molecular flexibility index (Phi) is 20.9. The lowest BCUT2D eigenvalue weighted by atomic mass is 9.75. The molecule has 3 heterocycles. The average Bonchev–Trinajstić information content (AvgIpc) is 1.61. The van der Waals surface area contributed by atoms with Crippen LogP contribution in [0.4, 0.5) is 0 Å². The van der Waals surface area contributed by atoms with Crippen molar-refractivity contribution in [3.8, 4) is 11.1 Å². The molecular weight excluding hydrogens is 1360 g/mol. The molecule has 6 aliphatic carbocycles. The van der Waals surface area contributed by atoms with E-state index in [0.717, 1.165) is 129 Å². The molecule has 0 aromatic heterocycles. The van der Waals surface area contributed by atoms with Crippen LogP contribution in [-0.2, 0) is 58.1 Å². The van der Waals surface area contributed by atoms with E-state index in [-0.39, 0.29) is 67.3 Å². The van der Waals surface area contributed by atoms with Crippen LogP contribution in [0.15, 0.2) is 183 Å². The topological polar surface area (TPSA) is 149 Å². The zero-order valence-corrected chi connectivity index (χ0v) is 58.6. The van der Waals surface area contributed by atoms with Crippen LogP contribution in [0.3, 0.4) is 0 Å². The number of fused-ring (bicyclic) bond motifs is 7. The fourth-order valence-electron chi connectivity index (χ4n) is 15.4. The average molecular weight is 1440 g/mol. The third kappa shape index (κ3) is 13.7. The highest BCUT2D eigenvalue weighted by Crippen LogP contribution is 2.50. The Bertz CT molecular complexity index is 3810. The number of aliphatic hydroxyl groups is 5. The highest BCUT2D eigenvalue weighted by molar-refractivity contribution is 9.11. The number of nitrogens with zero attached hydrogens (tertiary/aromatic N) is 1. The Morgan fingerprint density at radius 3 is 1.24 bits per heavy atom. The van der Waals surface area contributed by atoms with Gasteiger partial charge in [0.25, 0.3) is 0 Å². The number of Topliss-reactive ketones (excluding diaryl/α,β-unsaturated/α-hetero) is 1. The minimum absolute atomic E-state index is 0.179.